The van der Waals surface area contributed by atoms with Gasteiger partial charge in [0.2, 0.25) is 0 Å². The van der Waals surface area contributed by atoms with E-state index in [9.17, 15) is 9.90 Å². The van der Waals surface area contributed by atoms with Crippen molar-refractivity contribution in [2.45, 2.75) is 37.6 Å². The number of carboxylic acid groups (broad SMARTS) is 1. The first-order valence-corrected chi connectivity index (χ1v) is 5.44. The van der Waals surface area contributed by atoms with Crippen LogP contribution in [0, 0.1) is 0 Å². The first-order chi connectivity index (χ1) is 7.15. The number of aliphatic carboxylic acids is 1. The minimum absolute atomic E-state index is 0.0244. The van der Waals surface area contributed by atoms with Crippen molar-refractivity contribution < 1.29 is 19.7 Å². The van der Waals surface area contributed by atoms with Crippen molar-refractivity contribution in [3.05, 3.63) is 0 Å². The van der Waals surface area contributed by atoms with Gasteiger partial charge in [-0.3, -0.25) is 4.90 Å². The molecule has 2 N–H and O–H groups in total. The van der Waals surface area contributed by atoms with E-state index in [0.29, 0.717) is 13.0 Å². The average molecular weight is 215 g/mol. The minimum atomic E-state index is -0.862. The summed E-state index contributed by atoms with van der Waals surface area (Å²) in [6, 6.07) is 0. The van der Waals surface area contributed by atoms with Gasteiger partial charge in [-0.15, -0.1) is 0 Å². The van der Waals surface area contributed by atoms with Crippen LogP contribution in [-0.2, 0) is 9.53 Å². The molecule has 5 heteroatoms. The highest BCUT2D eigenvalue weighted by Crippen LogP contribution is 2.22. The lowest BCUT2D eigenvalue weighted by molar-refractivity contribution is -0.149. The van der Waals surface area contributed by atoms with Gasteiger partial charge in [0.25, 0.3) is 0 Å². The number of carboxylic acids is 1. The van der Waals surface area contributed by atoms with Crippen molar-refractivity contribution in [1.82, 2.24) is 4.90 Å². The molecule has 0 bridgehead atoms. The Balaban J connectivity index is 1.75. The van der Waals surface area contributed by atoms with Crippen LogP contribution in [0.5, 0.6) is 0 Å². The maximum Gasteiger partial charge on any atom is 0.332 e. The largest absolute Gasteiger partial charge is 0.479 e. The lowest BCUT2D eigenvalue weighted by atomic mass is 10.2. The van der Waals surface area contributed by atoms with Crippen molar-refractivity contribution in [3.63, 3.8) is 0 Å². The Hall–Kier alpha value is -0.650. The molecular weight excluding hydrogens is 198 g/mol. The Kier molecular flexibility index (Phi) is 3.23. The Morgan fingerprint density at radius 3 is 2.73 bits per heavy atom. The highest BCUT2D eigenvalue weighted by Gasteiger charge is 2.32. The SMILES string of the molecule is O=C(O)C1CCC(CN2CCC(O)C2)O1. The number of carbonyl (C=O) groups is 1. The fraction of sp³-hybridized carbons (Fsp3) is 0.900. The van der Waals surface area contributed by atoms with Crippen LogP contribution in [0.15, 0.2) is 0 Å². The average Bonchev–Trinajstić information content (AvgIpc) is 2.76. The number of nitrogens with zero attached hydrogens (tertiary/aromatic N) is 1. The summed E-state index contributed by atoms with van der Waals surface area (Å²) in [5, 5.41) is 18.1. The molecule has 15 heavy (non-hydrogen) atoms. The van der Waals surface area contributed by atoms with Crippen molar-refractivity contribution in [3.8, 4) is 0 Å². The quantitative estimate of drug-likeness (QED) is 0.675. The van der Waals surface area contributed by atoms with Crippen LogP contribution in [0.2, 0.25) is 0 Å². The van der Waals surface area contributed by atoms with E-state index in [-0.39, 0.29) is 12.2 Å². The Labute approximate surface area is 88.6 Å². The van der Waals surface area contributed by atoms with E-state index in [1.165, 1.54) is 0 Å². The number of β-amino-alcohol motifs (C(OH)–C–C–N with tert-alkyl or cyclic N) is 1. The maximum absolute atomic E-state index is 10.7. The van der Waals surface area contributed by atoms with Crippen LogP contribution < -0.4 is 0 Å². The summed E-state index contributed by atoms with van der Waals surface area (Å²) in [4.78, 5) is 12.8. The van der Waals surface area contributed by atoms with Gasteiger partial charge in [-0.2, -0.15) is 0 Å². The fourth-order valence-corrected chi connectivity index (χ4v) is 2.29. The second-order valence-electron chi connectivity index (χ2n) is 4.36. The molecule has 5 nitrogen and oxygen atoms in total. The van der Waals surface area contributed by atoms with E-state index in [2.05, 4.69) is 4.90 Å². The highest BCUT2D eigenvalue weighted by molar-refractivity contribution is 5.72. The van der Waals surface area contributed by atoms with Gasteiger partial charge >= 0.3 is 5.97 Å². The van der Waals surface area contributed by atoms with Gasteiger partial charge in [0, 0.05) is 19.6 Å². The number of rotatable bonds is 3. The molecule has 2 heterocycles. The number of aliphatic hydroxyl groups is 1. The second-order valence-corrected chi connectivity index (χ2v) is 4.36. The molecule has 2 aliphatic rings. The zero-order valence-electron chi connectivity index (χ0n) is 8.63. The first-order valence-electron chi connectivity index (χ1n) is 5.44. The van der Waals surface area contributed by atoms with Gasteiger partial charge in [0.05, 0.1) is 12.2 Å². The molecule has 0 saturated carbocycles. The van der Waals surface area contributed by atoms with E-state index < -0.39 is 12.1 Å². The molecule has 0 aliphatic carbocycles. The predicted octanol–water partition coefficient (Wildman–Crippen LogP) is -0.315. The van der Waals surface area contributed by atoms with Gasteiger partial charge < -0.3 is 14.9 Å². The molecule has 2 saturated heterocycles. The minimum Gasteiger partial charge on any atom is -0.479 e. The van der Waals surface area contributed by atoms with Crippen molar-refractivity contribution >= 4 is 5.97 Å². The van der Waals surface area contributed by atoms with E-state index >= 15 is 0 Å². The Morgan fingerprint density at radius 2 is 2.20 bits per heavy atom. The number of ether oxygens (including phenoxy) is 1. The number of aliphatic hydroxyl groups excluding tert-OH is 1. The van der Waals surface area contributed by atoms with Crippen LogP contribution in [0.25, 0.3) is 0 Å². The maximum atomic E-state index is 10.7. The van der Waals surface area contributed by atoms with Crippen LogP contribution in [-0.4, -0.2) is 59.0 Å². The van der Waals surface area contributed by atoms with Gasteiger partial charge in [-0.05, 0) is 19.3 Å². The molecule has 2 rings (SSSR count). The molecule has 2 fully saturated rings. The van der Waals surface area contributed by atoms with Crippen LogP contribution in [0.1, 0.15) is 19.3 Å². The third kappa shape index (κ3) is 2.68. The van der Waals surface area contributed by atoms with Crippen LogP contribution in [0.4, 0.5) is 0 Å². The molecule has 0 spiro atoms. The molecule has 0 amide bonds. The molecule has 3 atom stereocenters. The predicted molar refractivity (Wildman–Crippen MR) is 52.6 cm³/mol. The lowest BCUT2D eigenvalue weighted by Crippen LogP contribution is -2.32. The summed E-state index contributed by atoms with van der Waals surface area (Å²) in [5.41, 5.74) is 0. The lowest BCUT2D eigenvalue weighted by Gasteiger charge is -2.19. The summed E-state index contributed by atoms with van der Waals surface area (Å²) < 4.78 is 5.40. The molecular formula is C10H17NO4. The standard InChI is InChI=1S/C10H17NO4/c12-7-3-4-11(5-7)6-8-1-2-9(15-8)10(13)14/h7-9,12H,1-6H2,(H,13,14). The van der Waals surface area contributed by atoms with E-state index in [1.54, 1.807) is 0 Å². The van der Waals surface area contributed by atoms with Crippen molar-refractivity contribution in [2.24, 2.45) is 0 Å². The van der Waals surface area contributed by atoms with Gasteiger partial charge in [0.1, 0.15) is 0 Å². The monoisotopic (exact) mass is 215 g/mol. The molecule has 0 aromatic carbocycles. The van der Waals surface area contributed by atoms with Gasteiger partial charge in [-0.25, -0.2) is 4.79 Å². The molecule has 0 aromatic rings. The zero-order chi connectivity index (χ0) is 10.8. The summed E-state index contributed by atoms with van der Waals surface area (Å²) in [6.45, 7) is 2.33. The molecule has 2 aliphatic heterocycles. The molecule has 0 aromatic heterocycles. The Bertz CT molecular complexity index is 246. The van der Waals surface area contributed by atoms with E-state index in [4.69, 9.17) is 9.84 Å². The van der Waals surface area contributed by atoms with Crippen molar-refractivity contribution in [2.75, 3.05) is 19.6 Å². The summed E-state index contributed by atoms with van der Waals surface area (Å²) >= 11 is 0. The van der Waals surface area contributed by atoms with Gasteiger partial charge in [0.15, 0.2) is 6.10 Å². The van der Waals surface area contributed by atoms with E-state index in [0.717, 1.165) is 25.9 Å². The van der Waals surface area contributed by atoms with Crippen molar-refractivity contribution in [1.29, 1.82) is 0 Å². The number of hydrogen-bond acceptors (Lipinski definition) is 4. The molecule has 3 unspecified atom stereocenters. The summed E-state index contributed by atoms with van der Waals surface area (Å²) in [7, 11) is 0. The smallest absolute Gasteiger partial charge is 0.332 e. The normalized spacial score (nSPS) is 37.3. The number of hydrogen-bond donors (Lipinski definition) is 2. The Morgan fingerprint density at radius 1 is 1.40 bits per heavy atom. The van der Waals surface area contributed by atoms with Gasteiger partial charge in [-0.1, -0.05) is 0 Å². The summed E-state index contributed by atoms with van der Waals surface area (Å²) in [5.74, 6) is -0.862. The first kappa shape index (κ1) is 10.9. The van der Waals surface area contributed by atoms with Crippen LogP contribution >= 0.6 is 0 Å². The summed E-state index contributed by atoms with van der Waals surface area (Å²) in [6.07, 6.45) is 1.41. The number of likely N-dealkylation sites (tertiary alicyclic amines) is 1. The second kappa shape index (κ2) is 4.47. The zero-order valence-corrected chi connectivity index (χ0v) is 8.63. The fourth-order valence-electron chi connectivity index (χ4n) is 2.29. The van der Waals surface area contributed by atoms with E-state index in [1.807, 2.05) is 0 Å². The molecule has 86 valence electrons. The topological polar surface area (TPSA) is 70.0 Å². The molecule has 0 radical (unpaired) electrons. The third-order valence-corrected chi connectivity index (χ3v) is 3.09. The third-order valence-electron chi connectivity index (χ3n) is 3.09. The highest BCUT2D eigenvalue weighted by atomic mass is 16.5. The van der Waals surface area contributed by atoms with Crippen LogP contribution in [0.3, 0.4) is 0 Å².